The predicted octanol–water partition coefficient (Wildman–Crippen LogP) is 3.49. The molecular formula is C14H13N3S. The van der Waals surface area contributed by atoms with E-state index >= 15 is 0 Å². The minimum Gasteiger partial charge on any atom is -0.398 e. The lowest BCUT2D eigenvalue weighted by molar-refractivity contribution is 1.20. The highest BCUT2D eigenvalue weighted by atomic mass is 32.1. The summed E-state index contributed by atoms with van der Waals surface area (Å²) < 4.78 is 0. The van der Waals surface area contributed by atoms with Crippen LogP contribution in [0.5, 0.6) is 0 Å². The van der Waals surface area contributed by atoms with E-state index in [0.717, 1.165) is 28.8 Å². The number of rotatable bonds is 3. The average molecular weight is 255 g/mol. The molecule has 1 aromatic carbocycles. The van der Waals surface area contributed by atoms with Crippen molar-refractivity contribution in [3.63, 3.8) is 0 Å². The van der Waals surface area contributed by atoms with Crippen LogP contribution in [-0.2, 0) is 6.54 Å². The fourth-order valence-electron chi connectivity index (χ4n) is 1.86. The standard InChI is InChI=1S/C14H13N3S/c15-12-5-7-18-14(12)9-17-11-3-4-13-10(8-11)2-1-6-16-13/h1-8,17H,9,15H2. The molecule has 3 N–H and O–H groups in total. The first kappa shape index (κ1) is 11.0. The maximum absolute atomic E-state index is 5.86. The van der Waals surface area contributed by atoms with E-state index in [1.807, 2.05) is 35.8 Å². The van der Waals surface area contributed by atoms with Gasteiger partial charge in [-0.2, -0.15) is 0 Å². The Morgan fingerprint density at radius 1 is 1.22 bits per heavy atom. The molecular weight excluding hydrogens is 242 g/mol. The lowest BCUT2D eigenvalue weighted by Gasteiger charge is -2.06. The highest BCUT2D eigenvalue weighted by Crippen LogP contribution is 2.22. The van der Waals surface area contributed by atoms with Gasteiger partial charge < -0.3 is 11.1 Å². The fourth-order valence-corrected chi connectivity index (χ4v) is 2.60. The van der Waals surface area contributed by atoms with E-state index in [1.165, 1.54) is 4.88 Å². The number of nitrogen functional groups attached to an aromatic ring is 1. The van der Waals surface area contributed by atoms with Crippen LogP contribution in [0.15, 0.2) is 48.0 Å². The predicted molar refractivity (Wildman–Crippen MR) is 77.8 cm³/mol. The number of aromatic nitrogens is 1. The monoisotopic (exact) mass is 255 g/mol. The van der Waals surface area contributed by atoms with Gasteiger partial charge in [-0.05, 0) is 35.7 Å². The van der Waals surface area contributed by atoms with Gasteiger partial charge in [0.1, 0.15) is 0 Å². The Morgan fingerprint density at radius 2 is 2.17 bits per heavy atom. The van der Waals surface area contributed by atoms with Gasteiger partial charge in [0, 0.05) is 27.8 Å². The Hall–Kier alpha value is -2.07. The van der Waals surface area contributed by atoms with Crippen molar-refractivity contribution < 1.29 is 0 Å². The molecule has 2 heterocycles. The Bertz CT molecular complexity index is 675. The molecule has 90 valence electrons. The van der Waals surface area contributed by atoms with E-state index in [2.05, 4.69) is 22.4 Å². The number of anilines is 2. The SMILES string of the molecule is Nc1ccsc1CNc1ccc2ncccc2c1. The second kappa shape index (κ2) is 4.66. The fraction of sp³-hybridized carbons (Fsp3) is 0.0714. The molecule has 18 heavy (non-hydrogen) atoms. The molecule has 2 aromatic heterocycles. The largest absolute Gasteiger partial charge is 0.398 e. The third kappa shape index (κ3) is 2.15. The van der Waals surface area contributed by atoms with Crippen molar-refractivity contribution >= 4 is 33.6 Å². The molecule has 0 aliphatic heterocycles. The first-order valence-electron chi connectivity index (χ1n) is 5.73. The van der Waals surface area contributed by atoms with Gasteiger partial charge in [0.2, 0.25) is 0 Å². The zero-order valence-electron chi connectivity index (χ0n) is 9.76. The molecule has 0 saturated carbocycles. The van der Waals surface area contributed by atoms with Gasteiger partial charge in [0.05, 0.1) is 12.1 Å². The maximum Gasteiger partial charge on any atom is 0.0703 e. The summed E-state index contributed by atoms with van der Waals surface area (Å²) in [4.78, 5) is 5.47. The Labute approximate surface area is 109 Å². The number of nitrogens with one attached hydrogen (secondary N) is 1. The molecule has 3 nitrogen and oxygen atoms in total. The minimum atomic E-state index is 0.759. The number of thiophene rings is 1. The molecule has 0 bridgehead atoms. The third-order valence-corrected chi connectivity index (χ3v) is 3.77. The summed E-state index contributed by atoms with van der Waals surface area (Å²) in [6, 6.07) is 12.1. The molecule has 0 amide bonds. The van der Waals surface area contributed by atoms with Crippen molar-refractivity contribution in [2.75, 3.05) is 11.1 Å². The van der Waals surface area contributed by atoms with Crippen LogP contribution >= 0.6 is 11.3 Å². The molecule has 3 aromatic rings. The van der Waals surface area contributed by atoms with Crippen molar-refractivity contribution in [3.05, 3.63) is 52.9 Å². The lowest BCUT2D eigenvalue weighted by Crippen LogP contribution is -1.99. The number of hydrogen-bond acceptors (Lipinski definition) is 4. The van der Waals surface area contributed by atoms with Crippen molar-refractivity contribution in [2.45, 2.75) is 6.54 Å². The van der Waals surface area contributed by atoms with Crippen LogP contribution in [0.25, 0.3) is 10.9 Å². The van der Waals surface area contributed by atoms with Crippen LogP contribution < -0.4 is 11.1 Å². The molecule has 0 aliphatic carbocycles. The molecule has 0 spiro atoms. The number of nitrogens with zero attached hydrogens (tertiary/aromatic N) is 1. The molecule has 0 atom stereocenters. The minimum absolute atomic E-state index is 0.759. The number of fused-ring (bicyclic) bond motifs is 1. The van der Waals surface area contributed by atoms with Crippen LogP contribution in [0, 0.1) is 0 Å². The highest BCUT2D eigenvalue weighted by molar-refractivity contribution is 7.10. The van der Waals surface area contributed by atoms with Crippen molar-refractivity contribution in [2.24, 2.45) is 0 Å². The molecule has 0 aliphatic rings. The zero-order chi connectivity index (χ0) is 12.4. The number of pyridine rings is 1. The van der Waals surface area contributed by atoms with Crippen molar-refractivity contribution in [1.82, 2.24) is 4.98 Å². The molecule has 4 heteroatoms. The second-order valence-corrected chi connectivity index (χ2v) is 5.06. The van der Waals surface area contributed by atoms with Gasteiger partial charge in [-0.3, -0.25) is 4.98 Å². The summed E-state index contributed by atoms with van der Waals surface area (Å²) in [6.45, 7) is 0.759. The average Bonchev–Trinajstić information content (AvgIpc) is 2.82. The van der Waals surface area contributed by atoms with Gasteiger partial charge in [0.25, 0.3) is 0 Å². The summed E-state index contributed by atoms with van der Waals surface area (Å²) in [5, 5.41) is 6.53. The summed E-state index contributed by atoms with van der Waals surface area (Å²) >= 11 is 1.67. The van der Waals surface area contributed by atoms with E-state index in [9.17, 15) is 0 Å². The van der Waals surface area contributed by atoms with E-state index in [-0.39, 0.29) is 0 Å². The topological polar surface area (TPSA) is 50.9 Å². The number of nitrogens with two attached hydrogens (primary N) is 1. The van der Waals surface area contributed by atoms with E-state index in [4.69, 9.17) is 5.73 Å². The zero-order valence-corrected chi connectivity index (χ0v) is 10.6. The first-order valence-corrected chi connectivity index (χ1v) is 6.61. The molecule has 0 saturated heterocycles. The van der Waals surface area contributed by atoms with Crippen LogP contribution in [0.4, 0.5) is 11.4 Å². The first-order chi connectivity index (χ1) is 8.83. The van der Waals surface area contributed by atoms with Crippen LogP contribution in [0.2, 0.25) is 0 Å². The molecule has 0 unspecified atom stereocenters. The summed E-state index contributed by atoms with van der Waals surface area (Å²) in [5.74, 6) is 0. The molecule has 0 radical (unpaired) electrons. The smallest absolute Gasteiger partial charge is 0.0703 e. The number of benzene rings is 1. The summed E-state index contributed by atoms with van der Waals surface area (Å²) in [6.07, 6.45) is 1.81. The molecule has 3 rings (SSSR count). The van der Waals surface area contributed by atoms with Crippen molar-refractivity contribution in [1.29, 1.82) is 0 Å². The van der Waals surface area contributed by atoms with Gasteiger partial charge >= 0.3 is 0 Å². The number of hydrogen-bond donors (Lipinski definition) is 2. The van der Waals surface area contributed by atoms with Crippen LogP contribution in [0.3, 0.4) is 0 Å². The van der Waals surface area contributed by atoms with Gasteiger partial charge in [0.15, 0.2) is 0 Å². The normalized spacial score (nSPS) is 10.7. The third-order valence-electron chi connectivity index (χ3n) is 2.84. The van der Waals surface area contributed by atoms with E-state index < -0.39 is 0 Å². The van der Waals surface area contributed by atoms with Crippen LogP contribution in [-0.4, -0.2) is 4.98 Å². The highest BCUT2D eigenvalue weighted by Gasteiger charge is 2.01. The van der Waals surface area contributed by atoms with Gasteiger partial charge in [-0.15, -0.1) is 11.3 Å². The van der Waals surface area contributed by atoms with E-state index in [0.29, 0.717) is 0 Å². The van der Waals surface area contributed by atoms with Crippen molar-refractivity contribution in [3.8, 4) is 0 Å². The molecule has 0 fully saturated rings. The Kier molecular flexibility index (Phi) is 2.86. The van der Waals surface area contributed by atoms with E-state index in [1.54, 1.807) is 11.3 Å². The van der Waals surface area contributed by atoms with Gasteiger partial charge in [-0.25, -0.2) is 0 Å². The second-order valence-electron chi connectivity index (χ2n) is 4.06. The summed E-state index contributed by atoms with van der Waals surface area (Å²) in [7, 11) is 0. The quantitative estimate of drug-likeness (QED) is 0.753. The Balaban J connectivity index is 1.81. The van der Waals surface area contributed by atoms with Crippen LogP contribution in [0.1, 0.15) is 4.88 Å². The maximum atomic E-state index is 5.86. The lowest BCUT2D eigenvalue weighted by atomic mass is 10.2. The Morgan fingerprint density at radius 3 is 3.00 bits per heavy atom. The van der Waals surface area contributed by atoms with Gasteiger partial charge in [-0.1, -0.05) is 6.07 Å². The summed E-state index contributed by atoms with van der Waals surface area (Å²) in [5.41, 5.74) is 8.81.